The van der Waals surface area contributed by atoms with Gasteiger partial charge in [0, 0.05) is 18.4 Å². The number of nitrogens with one attached hydrogen (secondary N) is 1. The highest BCUT2D eigenvalue weighted by Crippen LogP contribution is 2.15. The van der Waals surface area contributed by atoms with Crippen LogP contribution in [-0.4, -0.2) is 29.9 Å². The van der Waals surface area contributed by atoms with Gasteiger partial charge in [0.25, 0.3) is 5.91 Å². The van der Waals surface area contributed by atoms with E-state index in [9.17, 15) is 4.79 Å². The fourth-order valence-corrected chi connectivity index (χ4v) is 2.02. The number of nitrogens with zero attached hydrogens (tertiary/aromatic N) is 2. The largest absolute Gasteiger partial charge is 0.322 e. The van der Waals surface area contributed by atoms with Crippen molar-refractivity contribution in [3.63, 3.8) is 0 Å². The Morgan fingerprint density at radius 1 is 1.25 bits per heavy atom. The van der Waals surface area contributed by atoms with Crippen molar-refractivity contribution in [2.45, 2.75) is 6.54 Å². The summed E-state index contributed by atoms with van der Waals surface area (Å²) in [5, 5.41) is 3.01. The molecule has 0 radical (unpaired) electrons. The fraction of sp³-hybridized carbons (Fsp3) is 0.200. The molecule has 2 rings (SSSR count). The number of hydrogen-bond donors (Lipinski definition) is 1. The van der Waals surface area contributed by atoms with E-state index < -0.39 is 0 Å². The summed E-state index contributed by atoms with van der Waals surface area (Å²) in [5.74, 6) is -0.261. The molecule has 0 aliphatic heterocycles. The highest BCUT2D eigenvalue weighted by Gasteiger charge is 2.10. The SMILES string of the molecule is CN(C)Cc1ccc(NC(=O)c2cccnc2Cl)cc1. The lowest BCUT2D eigenvalue weighted by atomic mass is 10.2. The third kappa shape index (κ3) is 3.79. The molecule has 2 aromatic rings. The maximum atomic E-state index is 12.1. The minimum absolute atomic E-state index is 0.203. The molecule has 20 heavy (non-hydrogen) atoms. The molecule has 0 atom stereocenters. The van der Waals surface area contributed by atoms with Gasteiger partial charge in [0.1, 0.15) is 5.15 Å². The van der Waals surface area contributed by atoms with Gasteiger partial charge in [-0.25, -0.2) is 4.98 Å². The lowest BCUT2D eigenvalue weighted by Crippen LogP contribution is -2.13. The Hall–Kier alpha value is -1.91. The summed E-state index contributed by atoms with van der Waals surface area (Å²) in [6, 6.07) is 11.1. The number of aromatic nitrogens is 1. The monoisotopic (exact) mass is 289 g/mol. The van der Waals surface area contributed by atoms with Crippen molar-refractivity contribution in [2.24, 2.45) is 0 Å². The summed E-state index contributed by atoms with van der Waals surface area (Å²) in [4.78, 5) is 18.0. The van der Waals surface area contributed by atoms with E-state index in [4.69, 9.17) is 11.6 Å². The normalized spacial score (nSPS) is 10.6. The van der Waals surface area contributed by atoms with Gasteiger partial charge in [0.2, 0.25) is 0 Å². The van der Waals surface area contributed by atoms with Crippen LogP contribution >= 0.6 is 11.6 Å². The average Bonchev–Trinajstić information content (AvgIpc) is 2.41. The molecule has 4 nitrogen and oxygen atoms in total. The van der Waals surface area contributed by atoms with Crippen molar-refractivity contribution < 1.29 is 4.79 Å². The first kappa shape index (κ1) is 14.5. The van der Waals surface area contributed by atoms with Crippen LogP contribution in [0, 0.1) is 0 Å². The highest BCUT2D eigenvalue weighted by atomic mass is 35.5. The van der Waals surface area contributed by atoms with E-state index in [0.717, 1.165) is 12.2 Å². The summed E-state index contributed by atoms with van der Waals surface area (Å²) in [5.41, 5.74) is 2.29. The number of hydrogen-bond acceptors (Lipinski definition) is 3. The average molecular weight is 290 g/mol. The first-order valence-corrected chi connectivity index (χ1v) is 6.59. The van der Waals surface area contributed by atoms with Crippen molar-refractivity contribution >= 4 is 23.2 Å². The predicted molar refractivity (Wildman–Crippen MR) is 81.0 cm³/mol. The van der Waals surface area contributed by atoms with Gasteiger partial charge in [-0.3, -0.25) is 4.79 Å². The smallest absolute Gasteiger partial charge is 0.258 e. The van der Waals surface area contributed by atoms with E-state index in [1.807, 2.05) is 38.4 Å². The zero-order chi connectivity index (χ0) is 14.5. The van der Waals surface area contributed by atoms with E-state index in [0.29, 0.717) is 5.56 Å². The zero-order valence-electron chi connectivity index (χ0n) is 11.4. The molecule has 1 aromatic carbocycles. The molecular weight excluding hydrogens is 274 g/mol. The summed E-state index contributed by atoms with van der Waals surface area (Å²) < 4.78 is 0. The lowest BCUT2D eigenvalue weighted by Gasteiger charge is -2.10. The van der Waals surface area contributed by atoms with Crippen molar-refractivity contribution in [1.82, 2.24) is 9.88 Å². The van der Waals surface area contributed by atoms with Crippen LogP contribution in [0.5, 0.6) is 0 Å². The number of amides is 1. The molecule has 1 N–H and O–H groups in total. The van der Waals surface area contributed by atoms with E-state index in [1.54, 1.807) is 18.3 Å². The predicted octanol–water partition coefficient (Wildman–Crippen LogP) is 3.05. The Morgan fingerprint density at radius 2 is 1.95 bits per heavy atom. The number of benzene rings is 1. The second-order valence-electron chi connectivity index (χ2n) is 4.73. The molecule has 0 fully saturated rings. The number of carbonyl (C=O) groups is 1. The Morgan fingerprint density at radius 3 is 2.55 bits per heavy atom. The van der Waals surface area contributed by atoms with Gasteiger partial charge in [0.05, 0.1) is 5.56 Å². The second-order valence-corrected chi connectivity index (χ2v) is 5.09. The van der Waals surface area contributed by atoms with Gasteiger partial charge >= 0.3 is 0 Å². The third-order valence-corrected chi connectivity index (χ3v) is 3.02. The van der Waals surface area contributed by atoms with Crippen molar-refractivity contribution in [3.8, 4) is 0 Å². The minimum Gasteiger partial charge on any atom is -0.322 e. The number of carbonyl (C=O) groups excluding carboxylic acids is 1. The molecule has 0 spiro atoms. The van der Waals surface area contributed by atoms with Crippen LogP contribution in [0.3, 0.4) is 0 Å². The molecule has 0 bridgehead atoms. The molecule has 1 aromatic heterocycles. The van der Waals surface area contributed by atoms with Crippen LogP contribution in [0.1, 0.15) is 15.9 Å². The van der Waals surface area contributed by atoms with Gasteiger partial charge < -0.3 is 10.2 Å². The summed E-state index contributed by atoms with van der Waals surface area (Å²) in [6.45, 7) is 0.864. The number of anilines is 1. The molecular formula is C15H16ClN3O. The molecule has 0 unspecified atom stereocenters. The summed E-state index contributed by atoms with van der Waals surface area (Å²) >= 11 is 5.89. The lowest BCUT2D eigenvalue weighted by molar-refractivity contribution is 0.102. The molecule has 0 saturated carbocycles. The van der Waals surface area contributed by atoms with Crippen LogP contribution in [0.4, 0.5) is 5.69 Å². The third-order valence-electron chi connectivity index (χ3n) is 2.71. The maximum absolute atomic E-state index is 12.1. The quantitative estimate of drug-likeness (QED) is 0.880. The van der Waals surface area contributed by atoms with Gasteiger partial charge in [-0.15, -0.1) is 0 Å². The van der Waals surface area contributed by atoms with Crippen molar-refractivity contribution in [2.75, 3.05) is 19.4 Å². The number of pyridine rings is 1. The first-order chi connectivity index (χ1) is 9.56. The van der Waals surface area contributed by atoms with Gasteiger partial charge in [0.15, 0.2) is 0 Å². The number of halogens is 1. The van der Waals surface area contributed by atoms with Crippen molar-refractivity contribution in [3.05, 3.63) is 58.9 Å². The molecule has 0 saturated heterocycles. The maximum Gasteiger partial charge on any atom is 0.258 e. The molecule has 1 amide bonds. The van der Waals surface area contributed by atoms with Crippen LogP contribution in [-0.2, 0) is 6.54 Å². The zero-order valence-corrected chi connectivity index (χ0v) is 12.2. The topological polar surface area (TPSA) is 45.2 Å². The van der Waals surface area contributed by atoms with E-state index in [1.165, 1.54) is 5.56 Å². The van der Waals surface area contributed by atoms with Crippen LogP contribution in [0.15, 0.2) is 42.6 Å². The molecule has 5 heteroatoms. The number of rotatable bonds is 4. The summed E-state index contributed by atoms with van der Waals surface area (Å²) in [7, 11) is 4.03. The van der Waals surface area contributed by atoms with Crippen LogP contribution in [0.25, 0.3) is 0 Å². The molecule has 1 heterocycles. The van der Waals surface area contributed by atoms with Gasteiger partial charge in [-0.05, 0) is 43.9 Å². The first-order valence-electron chi connectivity index (χ1n) is 6.22. The summed E-state index contributed by atoms with van der Waals surface area (Å²) in [6.07, 6.45) is 1.55. The Labute approximate surface area is 123 Å². The van der Waals surface area contributed by atoms with E-state index >= 15 is 0 Å². The van der Waals surface area contributed by atoms with Crippen LogP contribution in [0.2, 0.25) is 5.15 Å². The fourth-order valence-electron chi connectivity index (χ4n) is 1.81. The second kappa shape index (κ2) is 6.50. The van der Waals surface area contributed by atoms with E-state index in [2.05, 4.69) is 15.2 Å². The van der Waals surface area contributed by atoms with Gasteiger partial charge in [-0.2, -0.15) is 0 Å². The molecule has 0 aliphatic carbocycles. The minimum atomic E-state index is -0.261. The van der Waals surface area contributed by atoms with Gasteiger partial charge in [-0.1, -0.05) is 23.7 Å². The highest BCUT2D eigenvalue weighted by molar-refractivity contribution is 6.33. The molecule has 104 valence electrons. The van der Waals surface area contributed by atoms with Crippen LogP contribution < -0.4 is 5.32 Å². The van der Waals surface area contributed by atoms with E-state index in [-0.39, 0.29) is 11.1 Å². The Kier molecular flexibility index (Phi) is 4.71. The standard InChI is InChI=1S/C15H16ClN3O/c1-19(2)10-11-5-7-12(8-6-11)18-15(20)13-4-3-9-17-14(13)16/h3-9H,10H2,1-2H3,(H,18,20). The van der Waals surface area contributed by atoms with Crippen molar-refractivity contribution in [1.29, 1.82) is 0 Å². The molecule has 0 aliphatic rings. The Bertz CT molecular complexity index is 596. The Balaban J connectivity index is 2.07.